The number of hydrogen-bond donors (Lipinski definition) is 2. The zero-order valence-corrected chi connectivity index (χ0v) is 21.0. The maximum Gasteiger partial charge on any atom is 0.338 e. The van der Waals surface area contributed by atoms with Crippen molar-refractivity contribution in [3.05, 3.63) is 62.5 Å². The predicted molar refractivity (Wildman–Crippen MR) is 129 cm³/mol. The average Bonchev–Trinajstić information content (AvgIpc) is 3.38. The molecule has 1 aliphatic carbocycles. The largest absolute Gasteiger partial charge is 0.480 e. The summed E-state index contributed by atoms with van der Waals surface area (Å²) < 4.78 is 48.2. The Morgan fingerprint density at radius 3 is 2.76 bits per heavy atom. The van der Waals surface area contributed by atoms with Crippen molar-refractivity contribution in [2.45, 2.75) is 43.3 Å². The Bertz CT molecular complexity index is 1300. The number of ether oxygens (including phenoxy) is 1. The van der Waals surface area contributed by atoms with Crippen molar-refractivity contribution in [3.63, 3.8) is 0 Å². The fraction of sp³-hybridized carbons (Fsp3) is 0.417. The van der Waals surface area contributed by atoms with Gasteiger partial charge in [0.15, 0.2) is 10.8 Å². The zero-order chi connectivity index (χ0) is 26.5. The van der Waals surface area contributed by atoms with E-state index in [1.54, 1.807) is 11.6 Å². The highest BCUT2D eigenvalue weighted by Gasteiger charge is 2.59. The van der Waals surface area contributed by atoms with Crippen LogP contribution in [0.3, 0.4) is 0 Å². The number of aromatic nitrogens is 1. The van der Waals surface area contributed by atoms with E-state index < -0.39 is 54.1 Å². The molecule has 0 radical (unpaired) electrons. The van der Waals surface area contributed by atoms with Gasteiger partial charge in [-0.3, -0.25) is 14.7 Å². The van der Waals surface area contributed by atoms with Crippen LogP contribution in [-0.4, -0.2) is 64.4 Å². The second-order valence-electron chi connectivity index (χ2n) is 9.15. The number of hydrogen-bond acceptors (Lipinski definition) is 8. The minimum Gasteiger partial charge on any atom is -0.480 e. The standard InChI is InChI=1S/C24H22ClF3N4O4S/c1-36-23(35)17-16(10-32-12-3-5-14(19(32)22(33)34)24(27,28)9-12)30-20(21-29-6-7-37-21)31-18(17)13-4-2-11(26)8-15(13)25/h2,4,6-8,12,14,18-19H,3,5,9-10H2,1H3,(H,30,31)(H,33,34)/t12?,14?,18-,19-/m0/s1. The Labute approximate surface area is 218 Å². The van der Waals surface area contributed by atoms with Gasteiger partial charge in [-0.05, 0) is 25.0 Å². The fourth-order valence-corrected chi connectivity index (χ4v) is 6.33. The highest BCUT2D eigenvalue weighted by molar-refractivity contribution is 7.11. The number of alkyl halides is 2. The molecule has 196 valence electrons. The summed E-state index contributed by atoms with van der Waals surface area (Å²) in [5.74, 6) is -6.87. The Morgan fingerprint density at radius 1 is 1.35 bits per heavy atom. The summed E-state index contributed by atoms with van der Waals surface area (Å²) in [6.45, 7) is -0.154. The molecule has 8 nitrogen and oxygen atoms in total. The van der Waals surface area contributed by atoms with Crippen LogP contribution in [0.1, 0.15) is 35.9 Å². The lowest BCUT2D eigenvalue weighted by molar-refractivity contribution is -0.196. The molecule has 0 amide bonds. The Balaban J connectivity index is 1.63. The first-order chi connectivity index (χ1) is 17.6. The van der Waals surface area contributed by atoms with E-state index in [1.807, 2.05) is 0 Å². The van der Waals surface area contributed by atoms with Crippen LogP contribution in [0.25, 0.3) is 0 Å². The highest BCUT2D eigenvalue weighted by atomic mass is 35.5. The number of methoxy groups -OCH3 is 1. The lowest BCUT2D eigenvalue weighted by Crippen LogP contribution is -2.66. The van der Waals surface area contributed by atoms with E-state index in [1.165, 1.54) is 35.5 Å². The summed E-state index contributed by atoms with van der Waals surface area (Å²) in [6, 6.07) is 0.499. The first kappa shape index (κ1) is 25.7. The van der Waals surface area contributed by atoms with E-state index in [9.17, 15) is 27.9 Å². The number of aliphatic carboxylic acids is 1. The van der Waals surface area contributed by atoms with Crippen LogP contribution in [0.2, 0.25) is 5.02 Å². The molecule has 3 aliphatic heterocycles. The summed E-state index contributed by atoms with van der Waals surface area (Å²) in [6.07, 6.45) is 1.60. The number of aliphatic imine (C=N–C) groups is 1. The minimum absolute atomic E-state index is 0.0219. The monoisotopic (exact) mass is 554 g/mol. The zero-order valence-electron chi connectivity index (χ0n) is 19.5. The Morgan fingerprint density at radius 2 is 2.14 bits per heavy atom. The van der Waals surface area contributed by atoms with Gasteiger partial charge in [0.1, 0.15) is 17.9 Å². The molecule has 1 aromatic carbocycles. The van der Waals surface area contributed by atoms with E-state index in [-0.39, 0.29) is 35.1 Å². The number of rotatable bonds is 6. The molecule has 2 bridgehead atoms. The third kappa shape index (κ3) is 4.62. The van der Waals surface area contributed by atoms with Crippen molar-refractivity contribution in [1.29, 1.82) is 0 Å². The summed E-state index contributed by atoms with van der Waals surface area (Å²) in [5.41, 5.74) is 0.575. The number of fused-ring (bicyclic) bond motifs is 3. The van der Waals surface area contributed by atoms with Crippen LogP contribution in [-0.2, 0) is 14.3 Å². The first-order valence-electron chi connectivity index (χ1n) is 11.5. The molecule has 1 saturated carbocycles. The number of thiazole rings is 1. The molecule has 1 aromatic heterocycles. The van der Waals surface area contributed by atoms with E-state index in [0.717, 1.165) is 6.07 Å². The number of carbonyl (C=O) groups excluding carboxylic acids is 1. The van der Waals surface area contributed by atoms with E-state index in [0.29, 0.717) is 17.0 Å². The SMILES string of the molecule is COC(=O)C1=C(CN2C3CCC([C@H]2C(=O)O)C(F)(F)C3)NC(c2nccs2)=N[C@H]1c1ccc(F)cc1Cl. The fourth-order valence-electron chi connectivity index (χ4n) is 5.47. The van der Waals surface area contributed by atoms with Crippen molar-refractivity contribution in [2.24, 2.45) is 10.9 Å². The maximum atomic E-state index is 14.7. The number of nitrogens with one attached hydrogen (secondary N) is 1. The van der Waals surface area contributed by atoms with Crippen LogP contribution >= 0.6 is 22.9 Å². The average molecular weight is 555 g/mol. The third-order valence-electron chi connectivity index (χ3n) is 7.09. The van der Waals surface area contributed by atoms with Crippen LogP contribution in [0.15, 0.2) is 46.0 Å². The van der Waals surface area contributed by atoms with Gasteiger partial charge >= 0.3 is 11.9 Å². The van der Waals surface area contributed by atoms with E-state index in [4.69, 9.17) is 16.3 Å². The van der Waals surface area contributed by atoms with Gasteiger partial charge in [-0.25, -0.2) is 22.9 Å². The van der Waals surface area contributed by atoms with Gasteiger partial charge in [0.25, 0.3) is 5.92 Å². The van der Waals surface area contributed by atoms with Gasteiger partial charge in [0.2, 0.25) is 0 Å². The quantitative estimate of drug-likeness (QED) is 0.520. The summed E-state index contributed by atoms with van der Waals surface area (Å²) in [7, 11) is 1.18. The van der Waals surface area contributed by atoms with Gasteiger partial charge in [-0.1, -0.05) is 17.7 Å². The number of esters is 1. The Hall–Kier alpha value is -2.96. The number of amidine groups is 1. The van der Waals surface area contributed by atoms with Crippen LogP contribution in [0.4, 0.5) is 13.2 Å². The molecular formula is C24H22ClF3N4O4S. The van der Waals surface area contributed by atoms with Crippen LogP contribution in [0.5, 0.6) is 0 Å². The van der Waals surface area contributed by atoms with Gasteiger partial charge in [0, 0.05) is 52.8 Å². The van der Waals surface area contributed by atoms with E-state index >= 15 is 0 Å². The van der Waals surface area contributed by atoms with Crippen LogP contribution in [0, 0.1) is 11.7 Å². The van der Waals surface area contributed by atoms with Crippen molar-refractivity contribution >= 4 is 40.7 Å². The molecule has 4 atom stereocenters. The number of carboxylic acids is 1. The molecule has 2 N–H and O–H groups in total. The number of nitrogens with zero attached hydrogens (tertiary/aromatic N) is 3. The molecule has 2 unspecified atom stereocenters. The number of halogens is 4. The smallest absolute Gasteiger partial charge is 0.338 e. The molecule has 0 spiro atoms. The lowest BCUT2D eigenvalue weighted by Gasteiger charge is -2.53. The molecule has 13 heteroatoms. The first-order valence-corrected chi connectivity index (χ1v) is 12.7. The topological polar surface area (TPSA) is 104 Å². The van der Waals surface area contributed by atoms with Gasteiger partial charge in [-0.15, -0.1) is 11.3 Å². The van der Waals surface area contributed by atoms with Crippen molar-refractivity contribution in [1.82, 2.24) is 15.2 Å². The summed E-state index contributed by atoms with van der Waals surface area (Å²) >= 11 is 7.62. The maximum absolute atomic E-state index is 14.7. The number of piperidine rings is 2. The molecule has 4 aliphatic rings. The summed E-state index contributed by atoms with van der Waals surface area (Å²) in [5, 5.41) is 15.2. The minimum atomic E-state index is -3.10. The normalized spacial score (nSPS) is 27.0. The predicted octanol–water partition coefficient (Wildman–Crippen LogP) is 4.03. The van der Waals surface area contributed by atoms with Gasteiger partial charge in [-0.2, -0.15) is 0 Å². The highest BCUT2D eigenvalue weighted by Crippen LogP contribution is 2.49. The molecule has 6 rings (SSSR count). The number of carboxylic acid groups (broad SMARTS) is 1. The van der Waals surface area contributed by atoms with Gasteiger partial charge in [0.05, 0.1) is 12.7 Å². The summed E-state index contributed by atoms with van der Waals surface area (Å²) in [4.78, 5) is 35.7. The van der Waals surface area contributed by atoms with Crippen molar-refractivity contribution < 1.29 is 32.6 Å². The molecule has 37 heavy (non-hydrogen) atoms. The number of benzene rings is 1. The molecule has 3 fully saturated rings. The van der Waals surface area contributed by atoms with Gasteiger partial charge < -0.3 is 15.2 Å². The van der Waals surface area contributed by atoms with Crippen molar-refractivity contribution in [2.75, 3.05) is 13.7 Å². The molecule has 2 saturated heterocycles. The molecular weight excluding hydrogens is 533 g/mol. The molecule has 2 aromatic rings. The lowest BCUT2D eigenvalue weighted by atomic mass is 9.71. The second-order valence-corrected chi connectivity index (χ2v) is 10.5. The third-order valence-corrected chi connectivity index (χ3v) is 8.19. The van der Waals surface area contributed by atoms with Crippen molar-refractivity contribution in [3.8, 4) is 0 Å². The van der Waals surface area contributed by atoms with Crippen LogP contribution < -0.4 is 5.32 Å². The Kier molecular flexibility index (Phi) is 6.75. The number of carbonyl (C=O) groups is 2. The van der Waals surface area contributed by atoms with E-state index in [2.05, 4.69) is 15.3 Å². The second kappa shape index (κ2) is 9.73. The molecule has 4 heterocycles.